The van der Waals surface area contributed by atoms with Crippen molar-refractivity contribution in [2.24, 2.45) is 0 Å². The zero-order chi connectivity index (χ0) is 13.4. The van der Waals surface area contributed by atoms with Gasteiger partial charge in [-0.25, -0.2) is 4.98 Å². The quantitative estimate of drug-likeness (QED) is 0.778. The van der Waals surface area contributed by atoms with Crippen LogP contribution >= 0.6 is 11.3 Å². The number of benzene rings is 1. The molecule has 4 heteroatoms. The van der Waals surface area contributed by atoms with Gasteiger partial charge in [-0.3, -0.25) is 0 Å². The largest absolute Gasteiger partial charge is 0.340 e. The van der Waals surface area contributed by atoms with Gasteiger partial charge >= 0.3 is 0 Å². The van der Waals surface area contributed by atoms with Crippen molar-refractivity contribution in [1.82, 2.24) is 14.9 Å². The van der Waals surface area contributed by atoms with Gasteiger partial charge in [-0.1, -0.05) is 18.2 Å². The molecule has 0 bridgehead atoms. The van der Waals surface area contributed by atoms with Gasteiger partial charge in [0.2, 0.25) is 0 Å². The predicted molar refractivity (Wildman–Crippen MR) is 83.0 cm³/mol. The van der Waals surface area contributed by atoms with Crippen LogP contribution in [0, 0.1) is 0 Å². The highest BCUT2D eigenvalue weighted by molar-refractivity contribution is 7.09. The third-order valence-corrected chi connectivity index (χ3v) is 4.58. The lowest BCUT2D eigenvalue weighted by molar-refractivity contribution is 0.687. The maximum absolute atomic E-state index is 4.39. The van der Waals surface area contributed by atoms with E-state index in [4.69, 9.17) is 0 Å². The highest BCUT2D eigenvalue weighted by atomic mass is 32.1. The molecule has 20 heavy (non-hydrogen) atoms. The fraction of sp³-hybridized carbons (Fsp3) is 0.312. The van der Waals surface area contributed by atoms with Crippen LogP contribution in [0.2, 0.25) is 0 Å². The lowest BCUT2D eigenvalue weighted by Crippen LogP contribution is -2.14. The van der Waals surface area contributed by atoms with Gasteiger partial charge in [0.25, 0.3) is 0 Å². The van der Waals surface area contributed by atoms with Crippen molar-refractivity contribution in [3.63, 3.8) is 0 Å². The van der Waals surface area contributed by atoms with Crippen LogP contribution in [0.1, 0.15) is 23.4 Å². The van der Waals surface area contributed by atoms with E-state index in [1.807, 2.05) is 11.6 Å². The molecule has 0 saturated heterocycles. The molecule has 0 spiro atoms. The Morgan fingerprint density at radius 3 is 3.00 bits per heavy atom. The first-order valence-electron chi connectivity index (χ1n) is 7.08. The highest BCUT2D eigenvalue weighted by Crippen LogP contribution is 2.25. The smallest absolute Gasteiger partial charge is 0.112 e. The van der Waals surface area contributed by atoms with Gasteiger partial charge in [-0.05, 0) is 24.5 Å². The Morgan fingerprint density at radius 2 is 2.20 bits per heavy atom. The first-order chi connectivity index (χ1) is 9.90. The summed E-state index contributed by atoms with van der Waals surface area (Å²) < 4.78 is 2.32. The molecule has 4 rings (SSSR count). The predicted octanol–water partition coefficient (Wildman–Crippen LogP) is 3.40. The summed E-state index contributed by atoms with van der Waals surface area (Å²) in [6, 6.07) is 9.40. The van der Waals surface area contributed by atoms with Crippen molar-refractivity contribution in [3.8, 4) is 0 Å². The SMILES string of the molecule is c1ccc2c(c1)c(CNC1CC1)cn2Cc1nccs1. The van der Waals surface area contributed by atoms with Crippen LogP contribution in [0.3, 0.4) is 0 Å². The van der Waals surface area contributed by atoms with Crippen LogP contribution in [0.15, 0.2) is 42.0 Å². The molecule has 0 atom stereocenters. The number of nitrogens with one attached hydrogen (secondary N) is 1. The van der Waals surface area contributed by atoms with Gasteiger partial charge in [0, 0.05) is 41.3 Å². The van der Waals surface area contributed by atoms with E-state index >= 15 is 0 Å². The number of para-hydroxylation sites is 1. The van der Waals surface area contributed by atoms with Crippen LogP contribution in [0.5, 0.6) is 0 Å². The topological polar surface area (TPSA) is 29.9 Å². The number of thiazole rings is 1. The molecule has 1 aliphatic carbocycles. The molecule has 2 aromatic heterocycles. The summed E-state index contributed by atoms with van der Waals surface area (Å²) in [7, 11) is 0. The van der Waals surface area contributed by atoms with E-state index in [0.29, 0.717) is 0 Å². The Balaban J connectivity index is 1.68. The molecule has 1 aliphatic rings. The lowest BCUT2D eigenvalue weighted by atomic mass is 10.2. The van der Waals surface area contributed by atoms with Crippen molar-refractivity contribution < 1.29 is 0 Å². The number of nitrogens with zero attached hydrogens (tertiary/aromatic N) is 2. The molecule has 0 amide bonds. The van der Waals surface area contributed by atoms with E-state index in [1.165, 1.54) is 29.3 Å². The second-order valence-electron chi connectivity index (χ2n) is 5.38. The fourth-order valence-electron chi connectivity index (χ4n) is 2.61. The Morgan fingerprint density at radius 1 is 1.30 bits per heavy atom. The third-order valence-electron chi connectivity index (χ3n) is 3.82. The first-order valence-corrected chi connectivity index (χ1v) is 7.96. The summed E-state index contributed by atoms with van der Waals surface area (Å²) in [5.41, 5.74) is 2.69. The van der Waals surface area contributed by atoms with Crippen LogP contribution in [0.4, 0.5) is 0 Å². The average Bonchev–Trinajstić information content (AvgIpc) is 3.05. The maximum atomic E-state index is 4.39. The molecule has 3 aromatic rings. The Labute approximate surface area is 122 Å². The second kappa shape index (κ2) is 5.04. The molecular weight excluding hydrogens is 266 g/mol. The first kappa shape index (κ1) is 12.1. The van der Waals surface area contributed by atoms with E-state index in [-0.39, 0.29) is 0 Å². The monoisotopic (exact) mass is 283 g/mol. The second-order valence-corrected chi connectivity index (χ2v) is 6.36. The van der Waals surface area contributed by atoms with Crippen LogP contribution in [0.25, 0.3) is 10.9 Å². The van der Waals surface area contributed by atoms with E-state index in [0.717, 1.165) is 24.1 Å². The van der Waals surface area contributed by atoms with Crippen molar-refractivity contribution in [2.45, 2.75) is 32.0 Å². The minimum atomic E-state index is 0.746. The number of aromatic nitrogens is 2. The molecule has 1 aromatic carbocycles. The molecule has 1 N–H and O–H groups in total. The van der Waals surface area contributed by atoms with Gasteiger partial charge in [0.15, 0.2) is 0 Å². The molecule has 102 valence electrons. The maximum Gasteiger partial charge on any atom is 0.112 e. The normalized spacial score (nSPS) is 15.0. The van der Waals surface area contributed by atoms with Crippen molar-refractivity contribution in [1.29, 1.82) is 0 Å². The summed E-state index contributed by atoms with van der Waals surface area (Å²) in [6.07, 6.45) is 6.82. The molecule has 1 saturated carbocycles. The zero-order valence-electron chi connectivity index (χ0n) is 11.2. The van der Waals surface area contributed by atoms with Crippen molar-refractivity contribution >= 4 is 22.2 Å². The summed E-state index contributed by atoms with van der Waals surface area (Å²) in [6.45, 7) is 1.83. The van der Waals surface area contributed by atoms with E-state index < -0.39 is 0 Å². The molecule has 3 nitrogen and oxygen atoms in total. The molecule has 0 unspecified atom stereocenters. The van der Waals surface area contributed by atoms with Gasteiger partial charge in [0.05, 0.1) is 6.54 Å². The van der Waals surface area contributed by atoms with E-state index in [1.54, 1.807) is 11.3 Å². The Kier molecular flexibility index (Phi) is 3.05. The van der Waals surface area contributed by atoms with Gasteiger partial charge < -0.3 is 9.88 Å². The summed E-state index contributed by atoms with van der Waals surface area (Å²) in [5.74, 6) is 0. The lowest BCUT2D eigenvalue weighted by Gasteiger charge is -2.01. The fourth-order valence-corrected chi connectivity index (χ4v) is 3.23. The number of fused-ring (bicyclic) bond motifs is 1. The average molecular weight is 283 g/mol. The van der Waals surface area contributed by atoms with Gasteiger partial charge in [-0.15, -0.1) is 11.3 Å². The standard InChI is InChI=1S/C16H17N3S/c1-2-4-15-14(3-1)12(9-18-13-5-6-13)10-19(15)11-16-17-7-8-20-16/h1-4,7-8,10,13,18H,5-6,9,11H2. The minimum Gasteiger partial charge on any atom is -0.340 e. The number of hydrogen-bond acceptors (Lipinski definition) is 3. The van der Waals surface area contributed by atoms with Gasteiger partial charge in [0.1, 0.15) is 5.01 Å². The summed E-state index contributed by atoms with van der Waals surface area (Å²) >= 11 is 1.72. The van der Waals surface area contributed by atoms with Crippen LogP contribution in [-0.2, 0) is 13.1 Å². The van der Waals surface area contributed by atoms with Gasteiger partial charge in [-0.2, -0.15) is 0 Å². The zero-order valence-corrected chi connectivity index (χ0v) is 12.1. The molecule has 1 fully saturated rings. The van der Waals surface area contributed by atoms with E-state index in [9.17, 15) is 0 Å². The van der Waals surface area contributed by atoms with Crippen molar-refractivity contribution in [2.75, 3.05) is 0 Å². The summed E-state index contributed by atoms with van der Waals surface area (Å²) in [4.78, 5) is 4.39. The molecule has 2 heterocycles. The number of hydrogen-bond donors (Lipinski definition) is 1. The number of rotatable bonds is 5. The van der Waals surface area contributed by atoms with Crippen LogP contribution < -0.4 is 5.32 Å². The minimum absolute atomic E-state index is 0.746. The Bertz CT molecular complexity index is 710. The van der Waals surface area contributed by atoms with E-state index in [2.05, 4.69) is 45.3 Å². The highest BCUT2D eigenvalue weighted by Gasteiger charge is 2.20. The molecule has 0 aliphatic heterocycles. The van der Waals surface area contributed by atoms with Crippen LogP contribution in [-0.4, -0.2) is 15.6 Å². The van der Waals surface area contributed by atoms with Crippen molar-refractivity contribution in [3.05, 3.63) is 52.6 Å². The molecular formula is C16H17N3S. The molecule has 0 radical (unpaired) electrons. The third kappa shape index (κ3) is 2.37. The Hall–Kier alpha value is -1.65. The summed E-state index contributed by atoms with van der Waals surface area (Å²) in [5, 5.41) is 8.17.